The van der Waals surface area contributed by atoms with Gasteiger partial charge in [0.2, 0.25) is 0 Å². The third kappa shape index (κ3) is 2.04. The van der Waals surface area contributed by atoms with E-state index in [9.17, 15) is 0 Å². The highest BCUT2D eigenvalue weighted by atomic mass is 15.3. The molecular formula is C18H17N5. The second-order valence-corrected chi connectivity index (χ2v) is 6.29. The highest BCUT2D eigenvalue weighted by Gasteiger charge is 2.19. The normalized spacial score (nSPS) is 15.8. The predicted octanol–water partition coefficient (Wildman–Crippen LogP) is 3.93. The van der Waals surface area contributed by atoms with Crippen molar-refractivity contribution < 1.29 is 0 Å². The largest absolute Gasteiger partial charge is 0.346 e. The number of rotatable bonds is 2. The van der Waals surface area contributed by atoms with Gasteiger partial charge in [-0.1, -0.05) is 12.8 Å². The quantitative estimate of drug-likeness (QED) is 0.610. The van der Waals surface area contributed by atoms with E-state index in [4.69, 9.17) is 4.98 Å². The van der Waals surface area contributed by atoms with Crippen LogP contribution in [0.5, 0.6) is 0 Å². The van der Waals surface area contributed by atoms with Crippen molar-refractivity contribution in [1.82, 2.24) is 24.6 Å². The first-order chi connectivity index (χ1) is 11.4. The monoisotopic (exact) mass is 303 g/mol. The molecular weight excluding hydrogens is 286 g/mol. The summed E-state index contributed by atoms with van der Waals surface area (Å²) in [7, 11) is 0. The van der Waals surface area contributed by atoms with E-state index in [2.05, 4.69) is 39.3 Å². The number of aromatic nitrogens is 5. The van der Waals surface area contributed by atoms with E-state index in [0.29, 0.717) is 5.92 Å². The van der Waals surface area contributed by atoms with Crippen molar-refractivity contribution in [3.63, 3.8) is 0 Å². The highest BCUT2D eigenvalue weighted by Crippen LogP contribution is 2.35. The van der Waals surface area contributed by atoms with Crippen LogP contribution in [0, 0.1) is 0 Å². The summed E-state index contributed by atoms with van der Waals surface area (Å²) >= 11 is 0. The van der Waals surface area contributed by atoms with Gasteiger partial charge in [0.1, 0.15) is 12.0 Å². The second kappa shape index (κ2) is 4.91. The Morgan fingerprint density at radius 2 is 2.04 bits per heavy atom. The van der Waals surface area contributed by atoms with Gasteiger partial charge >= 0.3 is 0 Å². The van der Waals surface area contributed by atoms with Gasteiger partial charge in [-0.2, -0.15) is 5.10 Å². The van der Waals surface area contributed by atoms with Gasteiger partial charge in [0.05, 0.1) is 0 Å². The minimum atomic E-state index is 0.637. The molecule has 1 aliphatic carbocycles. The van der Waals surface area contributed by atoms with Crippen LogP contribution in [0.2, 0.25) is 0 Å². The molecule has 1 aliphatic rings. The van der Waals surface area contributed by atoms with Crippen molar-refractivity contribution in [2.75, 3.05) is 0 Å². The fourth-order valence-corrected chi connectivity index (χ4v) is 3.69. The molecule has 0 bridgehead atoms. The summed E-state index contributed by atoms with van der Waals surface area (Å²) in [5.74, 6) is 0.637. The third-order valence-electron chi connectivity index (χ3n) is 4.93. The summed E-state index contributed by atoms with van der Waals surface area (Å²) in [6.45, 7) is 0. The number of fused-ring (bicyclic) bond motifs is 2. The molecule has 0 aliphatic heterocycles. The zero-order chi connectivity index (χ0) is 15.2. The molecule has 0 amide bonds. The van der Waals surface area contributed by atoms with E-state index in [1.54, 1.807) is 10.8 Å². The fourth-order valence-electron chi connectivity index (χ4n) is 3.69. The Morgan fingerprint density at radius 1 is 1.13 bits per heavy atom. The lowest BCUT2D eigenvalue weighted by atomic mass is 10.0. The zero-order valence-corrected chi connectivity index (χ0v) is 12.7. The molecule has 1 N–H and O–H groups in total. The van der Waals surface area contributed by atoms with Crippen LogP contribution in [0.15, 0.2) is 43.0 Å². The third-order valence-corrected chi connectivity index (χ3v) is 4.93. The molecule has 0 spiro atoms. The van der Waals surface area contributed by atoms with E-state index in [1.165, 1.54) is 31.4 Å². The predicted molar refractivity (Wildman–Crippen MR) is 89.3 cm³/mol. The molecule has 114 valence electrons. The number of pyridine rings is 2. The van der Waals surface area contributed by atoms with Crippen molar-refractivity contribution in [1.29, 1.82) is 0 Å². The molecule has 23 heavy (non-hydrogen) atoms. The Morgan fingerprint density at radius 3 is 2.96 bits per heavy atom. The molecule has 1 fully saturated rings. The lowest BCUT2D eigenvalue weighted by Gasteiger charge is -2.08. The van der Waals surface area contributed by atoms with Crippen molar-refractivity contribution in [3.8, 4) is 11.1 Å². The van der Waals surface area contributed by atoms with Gasteiger partial charge in [0, 0.05) is 35.0 Å². The molecule has 0 saturated heterocycles. The molecule has 4 heterocycles. The number of nitrogens with zero attached hydrogens (tertiary/aromatic N) is 4. The minimum absolute atomic E-state index is 0.637. The molecule has 0 radical (unpaired) electrons. The molecule has 0 aromatic carbocycles. The van der Waals surface area contributed by atoms with E-state index >= 15 is 0 Å². The van der Waals surface area contributed by atoms with Crippen LogP contribution in [0.4, 0.5) is 0 Å². The van der Waals surface area contributed by atoms with Gasteiger partial charge in [-0.15, -0.1) is 0 Å². The number of nitrogens with one attached hydrogen (secondary N) is 1. The molecule has 0 atom stereocenters. The lowest BCUT2D eigenvalue weighted by molar-refractivity contribution is 0.700. The maximum absolute atomic E-state index is 4.87. The summed E-state index contributed by atoms with van der Waals surface area (Å²) in [4.78, 5) is 12.5. The van der Waals surface area contributed by atoms with E-state index in [-0.39, 0.29) is 0 Å². The number of hydrogen-bond donors (Lipinski definition) is 1. The van der Waals surface area contributed by atoms with Gasteiger partial charge in [-0.05, 0) is 42.7 Å². The maximum atomic E-state index is 4.87. The average molecular weight is 303 g/mol. The zero-order valence-electron chi connectivity index (χ0n) is 12.7. The number of aromatic amines is 1. The summed E-state index contributed by atoms with van der Waals surface area (Å²) in [5.41, 5.74) is 5.36. The maximum Gasteiger partial charge on any atom is 0.155 e. The molecule has 4 aromatic rings. The van der Waals surface area contributed by atoms with Crippen LogP contribution in [-0.4, -0.2) is 24.6 Å². The smallest absolute Gasteiger partial charge is 0.155 e. The summed E-state index contributed by atoms with van der Waals surface area (Å²) in [6, 6.07) is 8.52. The Balaban J connectivity index is 1.61. The Bertz CT molecular complexity index is 991. The van der Waals surface area contributed by atoms with Crippen LogP contribution in [-0.2, 0) is 0 Å². The highest BCUT2D eigenvalue weighted by molar-refractivity contribution is 5.94. The van der Waals surface area contributed by atoms with Crippen LogP contribution in [0.3, 0.4) is 0 Å². The molecule has 0 unspecified atom stereocenters. The number of hydrogen-bond acceptors (Lipinski definition) is 3. The van der Waals surface area contributed by atoms with Gasteiger partial charge in [-0.25, -0.2) is 14.5 Å². The Hall–Kier alpha value is -2.69. The summed E-state index contributed by atoms with van der Waals surface area (Å²) in [6.07, 6.45) is 10.8. The molecule has 5 rings (SSSR count). The van der Waals surface area contributed by atoms with Crippen molar-refractivity contribution in [2.24, 2.45) is 0 Å². The van der Waals surface area contributed by atoms with Crippen LogP contribution in [0.25, 0.3) is 27.8 Å². The van der Waals surface area contributed by atoms with Crippen molar-refractivity contribution in [2.45, 2.75) is 31.6 Å². The topological polar surface area (TPSA) is 58.9 Å². The fraction of sp³-hybridized carbons (Fsp3) is 0.278. The minimum Gasteiger partial charge on any atom is -0.346 e. The Kier molecular flexibility index (Phi) is 2.74. The van der Waals surface area contributed by atoms with Gasteiger partial charge in [0.25, 0.3) is 0 Å². The average Bonchev–Trinajstić information content (AvgIpc) is 3.32. The SMILES string of the molecule is c1nc2cc(-c3c[nH]c4nc(C5CCCC5)ccc34)ccn2n1. The molecule has 5 nitrogen and oxygen atoms in total. The van der Waals surface area contributed by atoms with Gasteiger partial charge in [0.15, 0.2) is 5.65 Å². The number of H-pyrrole nitrogens is 1. The van der Waals surface area contributed by atoms with Gasteiger partial charge in [-0.3, -0.25) is 0 Å². The van der Waals surface area contributed by atoms with Crippen molar-refractivity contribution in [3.05, 3.63) is 48.7 Å². The van der Waals surface area contributed by atoms with Crippen molar-refractivity contribution >= 4 is 16.7 Å². The van der Waals surface area contributed by atoms with Crippen LogP contribution in [0.1, 0.15) is 37.3 Å². The van der Waals surface area contributed by atoms with Crippen LogP contribution < -0.4 is 0 Å². The standard InChI is InChI=1S/C18H17N5/c1-2-4-12(3-1)16-6-5-14-15(10-19-18(14)22-16)13-7-8-23-17(9-13)20-11-21-23/h5-12H,1-4H2,(H,19,22). The van der Waals surface area contributed by atoms with E-state index in [1.807, 2.05) is 12.4 Å². The first-order valence-corrected chi connectivity index (χ1v) is 8.16. The van der Waals surface area contributed by atoms with E-state index < -0.39 is 0 Å². The molecule has 5 heteroatoms. The second-order valence-electron chi connectivity index (χ2n) is 6.29. The lowest BCUT2D eigenvalue weighted by Crippen LogP contribution is -1.96. The first kappa shape index (κ1) is 12.8. The first-order valence-electron chi connectivity index (χ1n) is 8.16. The van der Waals surface area contributed by atoms with Crippen LogP contribution >= 0.6 is 0 Å². The molecule has 4 aromatic heterocycles. The Labute approximate surface area is 133 Å². The summed E-state index contributed by atoms with van der Waals surface area (Å²) < 4.78 is 1.77. The van der Waals surface area contributed by atoms with Gasteiger partial charge < -0.3 is 4.98 Å². The molecule has 1 saturated carbocycles. The summed E-state index contributed by atoms with van der Waals surface area (Å²) in [5, 5.41) is 5.31. The van der Waals surface area contributed by atoms with E-state index in [0.717, 1.165) is 27.8 Å².